The number of carboxylic acids is 1. The van der Waals surface area contributed by atoms with E-state index in [9.17, 15) is 13.6 Å². The quantitative estimate of drug-likeness (QED) is 0.882. The molecule has 0 radical (unpaired) electrons. The Labute approximate surface area is 143 Å². The Hall–Kier alpha value is -2.51. The molecule has 1 saturated carbocycles. The van der Waals surface area contributed by atoms with Crippen molar-refractivity contribution >= 4 is 28.6 Å². The second-order valence-corrected chi connectivity index (χ2v) is 6.58. The number of rotatable bonds is 4. The summed E-state index contributed by atoms with van der Waals surface area (Å²) in [6.45, 7) is 0. The minimum atomic E-state index is -0.955. The first kappa shape index (κ1) is 17.3. The molecule has 1 aromatic heterocycles. The first-order chi connectivity index (χ1) is 11.8. The molecule has 25 heavy (non-hydrogen) atoms. The zero-order chi connectivity index (χ0) is 18.1. The Kier molecular flexibility index (Phi) is 4.69. The molecule has 2 N–H and O–H groups in total. The molecule has 1 aromatic carbocycles. The van der Waals surface area contributed by atoms with Crippen LogP contribution in [0.15, 0.2) is 12.1 Å². The number of anilines is 2. The number of nitrogens with one attached hydrogen (secondary N) is 1. The highest BCUT2D eigenvalue weighted by Crippen LogP contribution is 2.29. The van der Waals surface area contributed by atoms with Gasteiger partial charge in [-0.2, -0.15) is 4.98 Å². The molecular formula is C17H20F2N4O2. The van der Waals surface area contributed by atoms with Crippen molar-refractivity contribution in [3.8, 4) is 0 Å². The normalized spacial score (nSPS) is 20.5. The van der Waals surface area contributed by atoms with Gasteiger partial charge in [0.2, 0.25) is 5.95 Å². The third-order valence-electron chi connectivity index (χ3n) is 4.55. The van der Waals surface area contributed by atoms with Crippen molar-refractivity contribution in [2.75, 3.05) is 24.3 Å². The molecule has 0 saturated heterocycles. The minimum absolute atomic E-state index is 0.0633. The maximum atomic E-state index is 13.6. The summed E-state index contributed by atoms with van der Waals surface area (Å²) in [6, 6.07) is 2.22. The average molecular weight is 350 g/mol. The summed E-state index contributed by atoms with van der Waals surface area (Å²) in [5.41, 5.74) is 0.319. The highest BCUT2D eigenvalue weighted by molar-refractivity contribution is 5.90. The molecule has 1 heterocycles. The number of hydrogen-bond acceptors (Lipinski definition) is 5. The molecule has 0 aliphatic heterocycles. The number of hydrogen-bond donors (Lipinski definition) is 2. The Bertz CT molecular complexity index is 805. The zero-order valence-electron chi connectivity index (χ0n) is 14.1. The van der Waals surface area contributed by atoms with Crippen LogP contribution in [0.3, 0.4) is 0 Å². The summed E-state index contributed by atoms with van der Waals surface area (Å²) < 4.78 is 27.1. The van der Waals surface area contributed by atoms with E-state index in [1.807, 2.05) is 0 Å². The van der Waals surface area contributed by atoms with Gasteiger partial charge in [-0.25, -0.2) is 13.8 Å². The monoisotopic (exact) mass is 350 g/mol. The molecule has 1 aliphatic carbocycles. The van der Waals surface area contributed by atoms with E-state index in [4.69, 9.17) is 5.11 Å². The van der Waals surface area contributed by atoms with E-state index in [1.54, 1.807) is 19.0 Å². The number of fused-ring (bicyclic) bond motifs is 1. The van der Waals surface area contributed by atoms with E-state index in [1.165, 1.54) is 0 Å². The van der Waals surface area contributed by atoms with Gasteiger partial charge < -0.3 is 15.3 Å². The summed E-state index contributed by atoms with van der Waals surface area (Å²) in [6.07, 6.45) is 2.60. The van der Waals surface area contributed by atoms with Gasteiger partial charge in [-0.15, -0.1) is 0 Å². The van der Waals surface area contributed by atoms with Crippen molar-refractivity contribution in [2.24, 2.45) is 5.92 Å². The van der Waals surface area contributed by atoms with Crippen LogP contribution in [0.4, 0.5) is 20.5 Å². The Morgan fingerprint density at radius 2 is 1.80 bits per heavy atom. The van der Waals surface area contributed by atoms with E-state index < -0.39 is 17.6 Å². The van der Waals surface area contributed by atoms with Crippen LogP contribution in [-0.4, -0.2) is 41.2 Å². The molecule has 8 heteroatoms. The highest BCUT2D eigenvalue weighted by atomic mass is 19.2. The molecule has 0 atom stereocenters. The highest BCUT2D eigenvalue weighted by Gasteiger charge is 2.26. The van der Waals surface area contributed by atoms with Crippen LogP contribution in [0.2, 0.25) is 0 Å². The maximum absolute atomic E-state index is 13.6. The number of aromatic nitrogens is 2. The lowest BCUT2D eigenvalue weighted by Gasteiger charge is -2.27. The van der Waals surface area contributed by atoms with Crippen molar-refractivity contribution < 1.29 is 18.7 Å². The molecule has 134 valence electrons. The second-order valence-electron chi connectivity index (χ2n) is 6.58. The summed E-state index contributed by atoms with van der Waals surface area (Å²) in [5, 5.41) is 12.7. The standard InChI is InChI=1S/C17H20F2N4O2/c1-23(2)15-11-7-12(18)13(19)8-14(11)21-17(22-15)20-10-5-3-9(4-6-10)16(24)25/h7-10H,3-6H2,1-2H3,(H,24,25)(H,20,21,22)/t9-,10+. The Balaban J connectivity index is 1.87. The van der Waals surface area contributed by atoms with Crippen molar-refractivity contribution in [3.05, 3.63) is 23.8 Å². The minimum Gasteiger partial charge on any atom is -0.481 e. The fourth-order valence-electron chi connectivity index (χ4n) is 3.18. The summed E-state index contributed by atoms with van der Waals surface area (Å²) in [7, 11) is 3.54. The lowest BCUT2D eigenvalue weighted by atomic mass is 9.86. The van der Waals surface area contributed by atoms with Crippen LogP contribution in [0.25, 0.3) is 10.9 Å². The second kappa shape index (κ2) is 6.78. The largest absolute Gasteiger partial charge is 0.481 e. The first-order valence-electron chi connectivity index (χ1n) is 8.18. The summed E-state index contributed by atoms with van der Waals surface area (Å²) in [5.74, 6) is -2.12. The molecule has 1 fully saturated rings. The van der Waals surface area contributed by atoms with Gasteiger partial charge in [0.1, 0.15) is 5.82 Å². The van der Waals surface area contributed by atoms with E-state index in [2.05, 4.69) is 15.3 Å². The number of benzene rings is 1. The van der Waals surface area contributed by atoms with Crippen molar-refractivity contribution in [1.82, 2.24) is 9.97 Å². The van der Waals surface area contributed by atoms with Crippen molar-refractivity contribution in [1.29, 1.82) is 0 Å². The SMILES string of the molecule is CN(C)c1nc(N[C@H]2CC[C@@H](C(=O)O)CC2)nc2cc(F)c(F)cc12. The third-order valence-corrected chi connectivity index (χ3v) is 4.55. The lowest BCUT2D eigenvalue weighted by molar-refractivity contribution is -0.142. The number of aliphatic carboxylic acids is 1. The number of carboxylic acid groups (broad SMARTS) is 1. The van der Waals surface area contributed by atoms with Gasteiger partial charge in [-0.3, -0.25) is 4.79 Å². The smallest absolute Gasteiger partial charge is 0.306 e. The van der Waals surface area contributed by atoms with E-state index in [-0.39, 0.29) is 12.0 Å². The number of halogens is 2. The molecule has 0 spiro atoms. The summed E-state index contributed by atoms with van der Waals surface area (Å²) in [4.78, 5) is 21.5. The van der Waals surface area contributed by atoms with E-state index in [0.29, 0.717) is 48.4 Å². The first-order valence-corrected chi connectivity index (χ1v) is 8.18. The van der Waals surface area contributed by atoms with Crippen LogP contribution in [-0.2, 0) is 4.79 Å². The van der Waals surface area contributed by atoms with E-state index in [0.717, 1.165) is 12.1 Å². The van der Waals surface area contributed by atoms with Gasteiger partial charge >= 0.3 is 5.97 Å². The molecule has 0 unspecified atom stereocenters. The molecular weight excluding hydrogens is 330 g/mol. The molecule has 3 rings (SSSR count). The van der Waals surface area contributed by atoms with Crippen molar-refractivity contribution in [2.45, 2.75) is 31.7 Å². The predicted octanol–water partition coefficient (Wildman–Crippen LogP) is 3.03. The van der Waals surface area contributed by atoms with E-state index >= 15 is 0 Å². The molecule has 2 aromatic rings. The Morgan fingerprint density at radius 3 is 2.40 bits per heavy atom. The third kappa shape index (κ3) is 3.62. The molecule has 1 aliphatic rings. The summed E-state index contributed by atoms with van der Waals surface area (Å²) >= 11 is 0. The topological polar surface area (TPSA) is 78.4 Å². The number of carbonyl (C=O) groups is 1. The molecule has 0 bridgehead atoms. The van der Waals surface area contributed by atoms with Crippen LogP contribution in [0, 0.1) is 17.6 Å². The maximum Gasteiger partial charge on any atom is 0.306 e. The molecule has 0 amide bonds. The van der Waals surface area contributed by atoms with Gasteiger partial charge in [-0.1, -0.05) is 0 Å². The fraction of sp³-hybridized carbons (Fsp3) is 0.471. The Morgan fingerprint density at radius 1 is 1.16 bits per heavy atom. The van der Waals surface area contributed by atoms with Crippen LogP contribution in [0.1, 0.15) is 25.7 Å². The predicted molar refractivity (Wildman–Crippen MR) is 90.8 cm³/mol. The van der Waals surface area contributed by atoms with Gasteiger partial charge in [0.05, 0.1) is 11.4 Å². The van der Waals surface area contributed by atoms with Gasteiger partial charge in [-0.05, 0) is 31.7 Å². The average Bonchev–Trinajstić information content (AvgIpc) is 2.56. The fourth-order valence-corrected chi connectivity index (χ4v) is 3.18. The molecule has 6 nitrogen and oxygen atoms in total. The number of nitrogens with zero attached hydrogens (tertiary/aromatic N) is 3. The van der Waals surface area contributed by atoms with Crippen molar-refractivity contribution in [3.63, 3.8) is 0 Å². The zero-order valence-corrected chi connectivity index (χ0v) is 14.1. The van der Waals surface area contributed by atoms with Crippen LogP contribution >= 0.6 is 0 Å². The van der Waals surface area contributed by atoms with Crippen LogP contribution in [0.5, 0.6) is 0 Å². The van der Waals surface area contributed by atoms with Crippen LogP contribution < -0.4 is 10.2 Å². The lowest BCUT2D eigenvalue weighted by Crippen LogP contribution is -2.30. The van der Waals surface area contributed by atoms with Gasteiger partial charge in [0.25, 0.3) is 0 Å². The van der Waals surface area contributed by atoms with Gasteiger partial charge in [0, 0.05) is 31.6 Å². The van der Waals surface area contributed by atoms with Gasteiger partial charge in [0.15, 0.2) is 11.6 Å².